The first-order chi connectivity index (χ1) is 25.0. The standard InChI is InChI=1S/C49H37NO/c1-49(2)44-14-8-6-12-40(44)41-28-27-39(31-45(41)49)50(37-23-18-33(19-24-37)32-10-4-3-5-11-32)38-25-20-34(21-26-38)36-17-16-35-22-29-47-48(43(35)30-36)42-13-7-9-15-46(42)51-47/h3-31,47-48H,1-2H3. The molecule has 1 heterocycles. The van der Waals surface area contributed by atoms with Crippen molar-refractivity contribution in [1.29, 1.82) is 0 Å². The highest BCUT2D eigenvalue weighted by Gasteiger charge is 2.37. The normalized spacial score (nSPS) is 17.1. The van der Waals surface area contributed by atoms with E-state index in [4.69, 9.17) is 4.74 Å². The Labute approximate surface area is 299 Å². The summed E-state index contributed by atoms with van der Waals surface area (Å²) in [5.41, 5.74) is 17.5. The molecule has 7 aromatic carbocycles. The van der Waals surface area contributed by atoms with Crippen molar-refractivity contribution in [3.63, 3.8) is 0 Å². The van der Waals surface area contributed by atoms with Crippen LogP contribution in [0.25, 0.3) is 39.5 Å². The molecular formula is C49H37NO. The molecule has 244 valence electrons. The minimum atomic E-state index is -0.0832. The molecule has 0 aromatic heterocycles. The maximum atomic E-state index is 6.34. The van der Waals surface area contributed by atoms with Crippen molar-refractivity contribution in [3.8, 4) is 39.1 Å². The van der Waals surface area contributed by atoms with Crippen molar-refractivity contribution in [2.45, 2.75) is 31.3 Å². The van der Waals surface area contributed by atoms with Gasteiger partial charge in [0.1, 0.15) is 11.9 Å². The van der Waals surface area contributed by atoms with E-state index < -0.39 is 0 Å². The van der Waals surface area contributed by atoms with Gasteiger partial charge >= 0.3 is 0 Å². The molecule has 0 fully saturated rings. The molecule has 2 nitrogen and oxygen atoms in total. The average Bonchev–Trinajstić information content (AvgIpc) is 3.68. The number of ether oxygens (including phenoxy) is 1. The van der Waals surface area contributed by atoms with E-state index in [1.54, 1.807) is 0 Å². The summed E-state index contributed by atoms with van der Waals surface area (Å²) in [6, 6.07) is 59.9. The number of rotatable bonds is 5. The Morgan fingerprint density at radius 2 is 1.10 bits per heavy atom. The molecule has 3 aliphatic rings. The van der Waals surface area contributed by atoms with E-state index in [0.717, 1.165) is 22.8 Å². The summed E-state index contributed by atoms with van der Waals surface area (Å²) < 4.78 is 6.34. The van der Waals surface area contributed by atoms with E-state index in [9.17, 15) is 0 Å². The summed E-state index contributed by atoms with van der Waals surface area (Å²) in [6.07, 6.45) is 4.47. The Bertz CT molecular complexity index is 2470. The highest BCUT2D eigenvalue weighted by atomic mass is 16.5. The summed E-state index contributed by atoms with van der Waals surface area (Å²) >= 11 is 0. The van der Waals surface area contributed by atoms with Crippen LogP contribution in [0.2, 0.25) is 0 Å². The smallest absolute Gasteiger partial charge is 0.128 e. The molecule has 0 bridgehead atoms. The Kier molecular flexibility index (Phi) is 6.69. The number of para-hydroxylation sites is 1. The Hall–Kier alpha value is -6.12. The lowest BCUT2D eigenvalue weighted by molar-refractivity contribution is 0.267. The lowest BCUT2D eigenvalue weighted by atomic mass is 9.80. The molecule has 0 amide bonds. The van der Waals surface area contributed by atoms with E-state index >= 15 is 0 Å². The predicted molar refractivity (Wildman–Crippen MR) is 211 cm³/mol. The van der Waals surface area contributed by atoms with Gasteiger partial charge in [-0.2, -0.15) is 0 Å². The van der Waals surface area contributed by atoms with Crippen LogP contribution in [0.1, 0.15) is 47.6 Å². The van der Waals surface area contributed by atoms with Crippen molar-refractivity contribution in [2.75, 3.05) is 4.90 Å². The van der Waals surface area contributed by atoms with Crippen molar-refractivity contribution < 1.29 is 4.74 Å². The number of fused-ring (bicyclic) bond motifs is 8. The largest absolute Gasteiger partial charge is 0.485 e. The van der Waals surface area contributed by atoms with E-state index in [1.807, 2.05) is 0 Å². The first kappa shape index (κ1) is 29.8. The Balaban J connectivity index is 1.05. The average molecular weight is 656 g/mol. The molecule has 2 atom stereocenters. The van der Waals surface area contributed by atoms with Gasteiger partial charge in [-0.25, -0.2) is 0 Å². The van der Waals surface area contributed by atoms with Gasteiger partial charge < -0.3 is 9.64 Å². The van der Waals surface area contributed by atoms with Crippen LogP contribution in [0.4, 0.5) is 17.1 Å². The van der Waals surface area contributed by atoms with Gasteiger partial charge in [-0.3, -0.25) is 0 Å². The summed E-state index contributed by atoms with van der Waals surface area (Å²) in [6.45, 7) is 4.70. The van der Waals surface area contributed by atoms with E-state index in [0.29, 0.717) is 0 Å². The van der Waals surface area contributed by atoms with Gasteiger partial charge in [-0.05, 0) is 110 Å². The topological polar surface area (TPSA) is 12.5 Å². The van der Waals surface area contributed by atoms with E-state index in [1.165, 1.54) is 61.2 Å². The minimum absolute atomic E-state index is 0.0412. The van der Waals surface area contributed by atoms with Crippen molar-refractivity contribution >= 4 is 23.1 Å². The van der Waals surface area contributed by atoms with Crippen LogP contribution < -0.4 is 9.64 Å². The van der Waals surface area contributed by atoms with E-state index in [2.05, 4.69) is 195 Å². The molecule has 51 heavy (non-hydrogen) atoms. The molecule has 0 radical (unpaired) electrons. The molecule has 7 aromatic rings. The lowest BCUT2D eigenvalue weighted by Crippen LogP contribution is -2.20. The third kappa shape index (κ3) is 4.78. The molecule has 2 heteroatoms. The van der Waals surface area contributed by atoms with Crippen LogP contribution >= 0.6 is 0 Å². The molecule has 0 saturated carbocycles. The second-order valence-corrected chi connectivity index (χ2v) is 14.5. The van der Waals surface area contributed by atoms with Crippen molar-refractivity contribution in [3.05, 3.63) is 198 Å². The first-order valence-electron chi connectivity index (χ1n) is 17.9. The van der Waals surface area contributed by atoms with E-state index in [-0.39, 0.29) is 17.4 Å². The number of hydrogen-bond donors (Lipinski definition) is 0. The van der Waals surface area contributed by atoms with Crippen molar-refractivity contribution in [1.82, 2.24) is 0 Å². The fourth-order valence-corrected chi connectivity index (χ4v) is 8.62. The highest BCUT2D eigenvalue weighted by molar-refractivity contribution is 5.86. The molecule has 1 aliphatic heterocycles. The third-order valence-corrected chi connectivity index (χ3v) is 11.2. The number of benzene rings is 7. The van der Waals surface area contributed by atoms with Gasteiger partial charge in [0.15, 0.2) is 0 Å². The fourth-order valence-electron chi connectivity index (χ4n) is 8.62. The number of anilines is 3. The summed E-state index contributed by atoms with van der Waals surface area (Å²) in [5.74, 6) is 1.21. The van der Waals surface area contributed by atoms with Crippen LogP contribution in [0.5, 0.6) is 5.75 Å². The van der Waals surface area contributed by atoms with Crippen LogP contribution in [0, 0.1) is 0 Å². The SMILES string of the molecule is CC1(C)c2ccccc2-c2ccc(N(c3ccc(-c4ccccc4)cc3)c3ccc(-c4ccc5c(c4)C4c6ccccc6OC4C=C5)cc3)cc21. The molecule has 2 unspecified atom stereocenters. The summed E-state index contributed by atoms with van der Waals surface area (Å²) in [4.78, 5) is 2.40. The molecule has 2 aliphatic carbocycles. The maximum absolute atomic E-state index is 6.34. The van der Waals surface area contributed by atoms with Gasteiger partial charge in [-0.15, -0.1) is 0 Å². The summed E-state index contributed by atoms with van der Waals surface area (Å²) in [5, 5.41) is 0. The minimum Gasteiger partial charge on any atom is -0.485 e. The second kappa shape index (κ2) is 11.5. The quantitative estimate of drug-likeness (QED) is 0.183. The molecule has 0 N–H and O–H groups in total. The van der Waals surface area contributed by atoms with Crippen LogP contribution in [0.3, 0.4) is 0 Å². The van der Waals surface area contributed by atoms with Crippen LogP contribution in [-0.2, 0) is 5.41 Å². The third-order valence-electron chi connectivity index (χ3n) is 11.2. The first-order valence-corrected chi connectivity index (χ1v) is 17.9. The van der Waals surface area contributed by atoms with Crippen LogP contribution in [0.15, 0.2) is 170 Å². The Morgan fingerprint density at radius 3 is 1.88 bits per heavy atom. The fraction of sp³-hybridized carbons (Fsp3) is 0.102. The van der Waals surface area contributed by atoms with Crippen LogP contribution in [-0.4, -0.2) is 6.10 Å². The maximum Gasteiger partial charge on any atom is 0.128 e. The molecule has 10 rings (SSSR count). The van der Waals surface area contributed by atoms with Gasteiger partial charge in [0.2, 0.25) is 0 Å². The van der Waals surface area contributed by atoms with Gasteiger partial charge in [0.05, 0.1) is 5.92 Å². The number of hydrogen-bond acceptors (Lipinski definition) is 2. The second-order valence-electron chi connectivity index (χ2n) is 14.5. The van der Waals surface area contributed by atoms with Crippen molar-refractivity contribution in [2.24, 2.45) is 0 Å². The van der Waals surface area contributed by atoms with Gasteiger partial charge in [0.25, 0.3) is 0 Å². The zero-order valence-electron chi connectivity index (χ0n) is 28.8. The predicted octanol–water partition coefficient (Wildman–Crippen LogP) is 12.7. The lowest BCUT2D eigenvalue weighted by Gasteiger charge is -2.28. The summed E-state index contributed by atoms with van der Waals surface area (Å²) in [7, 11) is 0. The monoisotopic (exact) mass is 655 g/mol. The zero-order chi connectivity index (χ0) is 34.1. The zero-order valence-corrected chi connectivity index (χ0v) is 28.8. The molecular weight excluding hydrogens is 619 g/mol. The Morgan fingerprint density at radius 1 is 0.490 bits per heavy atom. The molecule has 0 spiro atoms. The highest BCUT2D eigenvalue weighted by Crippen LogP contribution is 2.51. The molecule has 0 saturated heterocycles. The van der Waals surface area contributed by atoms with Gasteiger partial charge in [0, 0.05) is 28.0 Å². The van der Waals surface area contributed by atoms with Gasteiger partial charge in [-0.1, -0.05) is 135 Å². The number of nitrogens with zero attached hydrogens (tertiary/aromatic N) is 1.